The SMILES string of the molecule is c1ccc2c(c1)-c1ccccc1C21c2ccccc2-c2cc3c(cc21)c1ccccc1n3-c1nc(-c2ccc3oc4ccccc4c3c2)nc(-c2ccc3oc4ccccc4c3c2)n1. The number of para-hydroxylation sites is 3. The predicted octanol–water partition coefficient (Wildman–Crippen LogP) is 14.4. The monoisotopic (exact) mass is 816 g/mol. The highest BCUT2D eigenvalue weighted by Crippen LogP contribution is 2.63. The molecule has 0 atom stereocenters. The fourth-order valence-corrected chi connectivity index (χ4v) is 11.2. The number of aromatic nitrogens is 4. The Kier molecular flexibility index (Phi) is 6.53. The third-order valence-electron chi connectivity index (χ3n) is 13.9. The number of rotatable bonds is 3. The van der Waals surface area contributed by atoms with Crippen LogP contribution in [0.4, 0.5) is 0 Å². The molecule has 15 rings (SSSR count). The molecule has 0 bridgehead atoms. The Morgan fingerprint density at radius 1 is 0.328 bits per heavy atom. The van der Waals surface area contributed by atoms with Crippen molar-refractivity contribution in [2.45, 2.75) is 5.41 Å². The van der Waals surface area contributed by atoms with Crippen molar-refractivity contribution in [3.63, 3.8) is 0 Å². The summed E-state index contributed by atoms with van der Waals surface area (Å²) in [4.78, 5) is 16.1. The topological polar surface area (TPSA) is 69.9 Å². The number of fused-ring (bicyclic) bond motifs is 19. The summed E-state index contributed by atoms with van der Waals surface area (Å²) < 4.78 is 14.7. The highest BCUT2D eigenvalue weighted by molar-refractivity contribution is 6.13. The molecule has 296 valence electrons. The van der Waals surface area contributed by atoms with Crippen LogP contribution in [0.2, 0.25) is 0 Å². The molecule has 0 amide bonds. The summed E-state index contributed by atoms with van der Waals surface area (Å²) in [5.41, 5.74) is 16.9. The van der Waals surface area contributed by atoms with Gasteiger partial charge in [0.25, 0.3) is 0 Å². The molecule has 2 aliphatic rings. The van der Waals surface area contributed by atoms with Crippen molar-refractivity contribution in [1.82, 2.24) is 19.5 Å². The molecule has 2 aliphatic carbocycles. The van der Waals surface area contributed by atoms with Gasteiger partial charge >= 0.3 is 0 Å². The van der Waals surface area contributed by atoms with Gasteiger partial charge in [-0.2, -0.15) is 9.97 Å². The minimum absolute atomic E-state index is 0.462. The fourth-order valence-electron chi connectivity index (χ4n) is 11.2. The van der Waals surface area contributed by atoms with E-state index in [9.17, 15) is 0 Å². The van der Waals surface area contributed by atoms with Gasteiger partial charge < -0.3 is 8.83 Å². The lowest BCUT2D eigenvalue weighted by molar-refractivity contribution is 0.668. The zero-order chi connectivity index (χ0) is 41.7. The van der Waals surface area contributed by atoms with Gasteiger partial charge in [-0.25, -0.2) is 4.98 Å². The van der Waals surface area contributed by atoms with Crippen molar-refractivity contribution in [3.05, 3.63) is 216 Å². The first-order valence-electron chi connectivity index (χ1n) is 21.7. The molecule has 4 aromatic heterocycles. The Morgan fingerprint density at radius 2 is 0.797 bits per heavy atom. The van der Waals surface area contributed by atoms with E-state index in [1.54, 1.807) is 0 Å². The van der Waals surface area contributed by atoms with E-state index in [2.05, 4.69) is 138 Å². The van der Waals surface area contributed by atoms with Crippen LogP contribution < -0.4 is 0 Å². The van der Waals surface area contributed by atoms with E-state index in [0.29, 0.717) is 17.6 Å². The Bertz CT molecular complexity index is 3990. The maximum Gasteiger partial charge on any atom is 0.238 e. The van der Waals surface area contributed by atoms with Gasteiger partial charge in [-0.15, -0.1) is 0 Å². The van der Waals surface area contributed by atoms with Gasteiger partial charge in [0, 0.05) is 43.4 Å². The van der Waals surface area contributed by atoms with Gasteiger partial charge in [0.2, 0.25) is 5.95 Å². The first-order valence-corrected chi connectivity index (χ1v) is 21.7. The first-order chi connectivity index (χ1) is 31.7. The standard InChI is InChI=1S/C58H32N4O2/c1-7-19-45-35(13-1)36-14-2-8-20-46(36)58(45)47-21-9-3-15-37(47)41-32-50-42(31-48(41)58)38-16-4-10-22-49(38)62(50)57-60-55(33-25-27-53-43(29-33)39-17-5-11-23-51(39)63-53)59-56(61-57)34-26-28-54-44(30-34)40-18-6-12-24-52(40)64-54/h1-32H. The van der Waals surface area contributed by atoms with Crippen molar-refractivity contribution < 1.29 is 8.83 Å². The maximum atomic E-state index is 6.25. The highest BCUT2D eigenvalue weighted by atomic mass is 16.3. The Balaban J connectivity index is 1.02. The lowest BCUT2D eigenvalue weighted by Crippen LogP contribution is -2.25. The Hall–Kier alpha value is -8.61. The molecule has 0 fully saturated rings. The van der Waals surface area contributed by atoms with Crippen LogP contribution in [0, 0.1) is 0 Å². The van der Waals surface area contributed by atoms with E-state index in [-0.39, 0.29) is 0 Å². The summed E-state index contributed by atoms with van der Waals surface area (Å²) in [6.45, 7) is 0. The van der Waals surface area contributed by atoms with Gasteiger partial charge in [0.1, 0.15) is 22.3 Å². The molecule has 0 aliphatic heterocycles. The third-order valence-corrected chi connectivity index (χ3v) is 13.9. The Morgan fingerprint density at radius 3 is 1.38 bits per heavy atom. The molecule has 6 heteroatoms. The van der Waals surface area contributed by atoms with E-state index in [1.807, 2.05) is 60.7 Å². The number of furan rings is 2. The predicted molar refractivity (Wildman–Crippen MR) is 256 cm³/mol. The van der Waals surface area contributed by atoms with Crippen molar-refractivity contribution in [2.75, 3.05) is 0 Å². The minimum atomic E-state index is -0.462. The van der Waals surface area contributed by atoms with Gasteiger partial charge in [-0.05, 0) is 111 Å². The molecule has 13 aromatic rings. The molecule has 9 aromatic carbocycles. The third kappa shape index (κ3) is 4.36. The van der Waals surface area contributed by atoms with Crippen LogP contribution in [-0.4, -0.2) is 19.5 Å². The molecule has 0 N–H and O–H groups in total. The molecule has 0 radical (unpaired) electrons. The number of nitrogens with zero attached hydrogens (tertiary/aromatic N) is 4. The quantitative estimate of drug-likeness (QED) is 0.178. The van der Waals surface area contributed by atoms with Crippen LogP contribution in [0.25, 0.3) is 117 Å². The number of benzene rings is 9. The molecule has 64 heavy (non-hydrogen) atoms. The van der Waals surface area contributed by atoms with Crippen LogP contribution in [0.1, 0.15) is 22.3 Å². The van der Waals surface area contributed by atoms with Gasteiger partial charge in [-0.3, -0.25) is 4.57 Å². The summed E-state index contributed by atoms with van der Waals surface area (Å²) in [5, 5.41) is 6.40. The van der Waals surface area contributed by atoms with E-state index in [0.717, 1.165) is 76.8 Å². The molecule has 1 spiro atoms. The largest absolute Gasteiger partial charge is 0.456 e. The summed E-state index contributed by atoms with van der Waals surface area (Å²) >= 11 is 0. The van der Waals surface area contributed by atoms with Crippen LogP contribution in [-0.2, 0) is 5.41 Å². The molecule has 4 heterocycles. The first kappa shape index (κ1) is 34.0. The van der Waals surface area contributed by atoms with Crippen molar-refractivity contribution >= 4 is 65.7 Å². The molecule has 0 saturated carbocycles. The second-order valence-corrected chi connectivity index (χ2v) is 17.1. The molecule has 0 saturated heterocycles. The minimum Gasteiger partial charge on any atom is -0.456 e. The van der Waals surface area contributed by atoms with E-state index < -0.39 is 5.41 Å². The molecule has 6 nitrogen and oxygen atoms in total. The summed E-state index contributed by atoms with van der Waals surface area (Å²) in [5.74, 6) is 1.68. The number of hydrogen-bond donors (Lipinski definition) is 0. The van der Waals surface area contributed by atoms with Gasteiger partial charge in [0.05, 0.1) is 16.4 Å². The van der Waals surface area contributed by atoms with E-state index in [4.69, 9.17) is 23.8 Å². The highest BCUT2D eigenvalue weighted by Gasteiger charge is 2.51. The number of hydrogen-bond acceptors (Lipinski definition) is 5. The zero-order valence-electron chi connectivity index (χ0n) is 34.1. The van der Waals surface area contributed by atoms with E-state index >= 15 is 0 Å². The average Bonchev–Trinajstić information content (AvgIpc) is 4.14. The van der Waals surface area contributed by atoms with E-state index in [1.165, 1.54) is 44.5 Å². The smallest absolute Gasteiger partial charge is 0.238 e. The van der Waals surface area contributed by atoms with Crippen molar-refractivity contribution in [3.8, 4) is 51.0 Å². The molecular weight excluding hydrogens is 785 g/mol. The lowest BCUT2D eigenvalue weighted by atomic mass is 9.70. The van der Waals surface area contributed by atoms with Crippen LogP contribution in [0.3, 0.4) is 0 Å². The normalized spacial score (nSPS) is 13.4. The summed E-state index contributed by atoms with van der Waals surface area (Å²) in [6, 6.07) is 69.1. The molecule has 0 unspecified atom stereocenters. The zero-order valence-corrected chi connectivity index (χ0v) is 34.1. The average molecular weight is 817 g/mol. The van der Waals surface area contributed by atoms with Gasteiger partial charge in [0.15, 0.2) is 11.6 Å². The Labute approximate surface area is 365 Å². The second-order valence-electron chi connectivity index (χ2n) is 17.1. The fraction of sp³-hybridized carbons (Fsp3) is 0.0172. The maximum absolute atomic E-state index is 6.25. The summed E-state index contributed by atoms with van der Waals surface area (Å²) in [7, 11) is 0. The van der Waals surface area contributed by atoms with Crippen LogP contribution in [0.15, 0.2) is 203 Å². The lowest BCUT2D eigenvalue weighted by Gasteiger charge is -2.30. The van der Waals surface area contributed by atoms with Crippen molar-refractivity contribution in [2.24, 2.45) is 0 Å². The van der Waals surface area contributed by atoms with Crippen molar-refractivity contribution in [1.29, 1.82) is 0 Å². The van der Waals surface area contributed by atoms with Crippen LogP contribution >= 0.6 is 0 Å². The van der Waals surface area contributed by atoms with Gasteiger partial charge in [-0.1, -0.05) is 127 Å². The van der Waals surface area contributed by atoms with Crippen LogP contribution in [0.5, 0.6) is 0 Å². The molecular formula is C58H32N4O2. The second kappa shape index (κ2) is 12.3. The summed E-state index contributed by atoms with van der Waals surface area (Å²) in [6.07, 6.45) is 0.